The number of ether oxygens (including phenoxy) is 1. The molecule has 10 nitrogen and oxygen atoms in total. The molecule has 214 valence electrons. The smallest absolute Gasteiger partial charge is 0.300 e. The van der Waals surface area contributed by atoms with Crippen LogP contribution in [-0.2, 0) is 32.6 Å². The zero-order valence-electron chi connectivity index (χ0n) is 22.0. The second-order valence-corrected chi connectivity index (χ2v) is 10.5. The first-order valence-corrected chi connectivity index (χ1v) is 14.3. The van der Waals surface area contributed by atoms with Crippen LogP contribution in [0.3, 0.4) is 0 Å². The van der Waals surface area contributed by atoms with Gasteiger partial charge in [0.25, 0.3) is 5.97 Å². The van der Waals surface area contributed by atoms with Gasteiger partial charge >= 0.3 is 0 Å². The number of sulfonamides is 1. The molecule has 11 heteroatoms. The van der Waals surface area contributed by atoms with Crippen LogP contribution in [0.5, 0.6) is 5.75 Å². The van der Waals surface area contributed by atoms with Crippen LogP contribution in [-0.4, -0.2) is 61.1 Å². The van der Waals surface area contributed by atoms with E-state index >= 15 is 0 Å². The van der Waals surface area contributed by atoms with Crippen molar-refractivity contribution in [1.29, 1.82) is 0 Å². The molecule has 0 unspecified atom stereocenters. The number of phenols is 1. The number of aromatic hydroxyl groups is 1. The van der Waals surface area contributed by atoms with Crippen LogP contribution in [0.15, 0.2) is 47.4 Å². The van der Waals surface area contributed by atoms with Crippen molar-refractivity contribution in [2.45, 2.75) is 69.5 Å². The Kier molecular flexibility index (Phi) is 16.5. The zero-order chi connectivity index (χ0) is 28.4. The Hall–Kier alpha value is -2.54. The Morgan fingerprint density at radius 1 is 1.03 bits per heavy atom. The van der Waals surface area contributed by atoms with Crippen LogP contribution in [0.1, 0.15) is 68.2 Å². The summed E-state index contributed by atoms with van der Waals surface area (Å²) in [6, 6.07) is 11.5. The lowest BCUT2D eigenvalue weighted by Crippen LogP contribution is -2.22. The van der Waals surface area contributed by atoms with Crippen LogP contribution in [0.2, 0.25) is 0 Å². The largest absolute Gasteiger partial charge is 0.508 e. The number of primary sulfonamides is 1. The number of rotatable bonds is 17. The summed E-state index contributed by atoms with van der Waals surface area (Å²) < 4.78 is 28.5. The molecule has 0 saturated heterocycles. The molecule has 0 heterocycles. The summed E-state index contributed by atoms with van der Waals surface area (Å²) >= 11 is 0. The lowest BCUT2D eigenvalue weighted by Gasteiger charge is -2.14. The van der Waals surface area contributed by atoms with Crippen LogP contribution >= 0.6 is 0 Å². The van der Waals surface area contributed by atoms with E-state index in [4.69, 9.17) is 19.8 Å². The van der Waals surface area contributed by atoms with Gasteiger partial charge in [0.15, 0.2) is 0 Å². The number of carboxylic acids is 1. The molecule has 0 aliphatic carbocycles. The molecule has 0 saturated carbocycles. The number of hydrogen-bond acceptors (Lipinski definition) is 8. The van der Waals surface area contributed by atoms with Gasteiger partial charge in [-0.2, -0.15) is 0 Å². The quantitative estimate of drug-likeness (QED) is 0.160. The number of unbranched alkanes of at least 4 members (excludes halogenated alkanes) is 4. The van der Waals surface area contributed by atoms with Crippen molar-refractivity contribution in [1.82, 2.24) is 5.32 Å². The van der Waals surface area contributed by atoms with Gasteiger partial charge in [-0.3, -0.25) is 4.79 Å². The molecule has 0 radical (unpaired) electrons. The molecule has 2 aromatic carbocycles. The average Bonchev–Trinajstić information content (AvgIpc) is 2.86. The topological polar surface area (TPSA) is 179 Å². The van der Waals surface area contributed by atoms with E-state index in [0.29, 0.717) is 24.3 Å². The molecule has 2 aromatic rings. The molecule has 2 rings (SSSR count). The van der Waals surface area contributed by atoms with Gasteiger partial charge in [-0.1, -0.05) is 31.0 Å². The third-order valence-electron chi connectivity index (χ3n) is 5.62. The fourth-order valence-corrected chi connectivity index (χ4v) is 4.20. The third-order valence-corrected chi connectivity index (χ3v) is 6.53. The Balaban J connectivity index is 0.00000168. The normalized spacial score (nSPS) is 12.0. The second-order valence-electron chi connectivity index (χ2n) is 8.96. The van der Waals surface area contributed by atoms with E-state index in [1.165, 1.54) is 12.1 Å². The van der Waals surface area contributed by atoms with E-state index < -0.39 is 22.1 Å². The van der Waals surface area contributed by atoms with Crippen molar-refractivity contribution in [3.63, 3.8) is 0 Å². The van der Waals surface area contributed by atoms with E-state index in [2.05, 4.69) is 5.32 Å². The molecule has 0 spiro atoms. The number of aliphatic carboxylic acids is 1. The predicted octanol–water partition coefficient (Wildman–Crippen LogP) is 2.85. The maximum atomic E-state index is 11.4. The van der Waals surface area contributed by atoms with Gasteiger partial charge in [0.05, 0.1) is 17.6 Å². The molecule has 0 aliphatic rings. The summed E-state index contributed by atoms with van der Waals surface area (Å²) in [6.07, 6.45) is 6.16. The first-order chi connectivity index (χ1) is 18.0. The molecule has 0 aromatic heterocycles. The van der Waals surface area contributed by atoms with Crippen molar-refractivity contribution < 1.29 is 38.4 Å². The number of aliphatic hydroxyl groups is 2. The highest BCUT2D eigenvalue weighted by Crippen LogP contribution is 2.22. The van der Waals surface area contributed by atoms with Crippen LogP contribution in [0.25, 0.3) is 0 Å². The van der Waals surface area contributed by atoms with Gasteiger partial charge in [0.2, 0.25) is 10.0 Å². The van der Waals surface area contributed by atoms with Gasteiger partial charge in [-0.05, 0) is 74.0 Å². The van der Waals surface area contributed by atoms with Crippen molar-refractivity contribution in [3.8, 4) is 5.75 Å². The van der Waals surface area contributed by atoms with Crippen LogP contribution in [0.4, 0.5) is 0 Å². The summed E-state index contributed by atoms with van der Waals surface area (Å²) in [6.45, 7) is 3.49. The van der Waals surface area contributed by atoms with Crippen LogP contribution < -0.4 is 10.5 Å². The number of hydrogen-bond donors (Lipinski definition) is 6. The van der Waals surface area contributed by atoms with Crippen molar-refractivity contribution >= 4 is 16.0 Å². The highest BCUT2D eigenvalue weighted by molar-refractivity contribution is 7.89. The van der Waals surface area contributed by atoms with Gasteiger partial charge in [-0.15, -0.1) is 0 Å². The molecule has 38 heavy (non-hydrogen) atoms. The summed E-state index contributed by atoms with van der Waals surface area (Å²) in [7, 11) is -3.66. The Bertz CT molecular complexity index is 1060. The molecule has 0 fully saturated rings. The minimum atomic E-state index is -3.66. The molecule has 0 bridgehead atoms. The number of carbonyl (C=O) groups is 1. The molecule has 7 N–H and O–H groups in total. The predicted molar refractivity (Wildman–Crippen MR) is 145 cm³/mol. The Morgan fingerprint density at radius 3 is 2.34 bits per heavy atom. The van der Waals surface area contributed by atoms with E-state index in [1.54, 1.807) is 24.3 Å². The lowest BCUT2D eigenvalue weighted by atomic mass is 10.1. The first kappa shape index (κ1) is 33.5. The standard InChI is InChI=1S/C25H38N2O6S.C2H4O2/c26-34(31,32)23-10-7-9-20(16-23)8-3-6-15-33-14-5-2-1-4-13-27-18-25(30)21-11-12-24(29)22(17-21)19-28;1-2(3)4/h7,9-12,16-17,25,27-30H,1-6,8,13-15,18-19H2,(H2,26,31,32);1H3,(H,3,4)/t25-;/m0./s1. The van der Waals surface area contributed by atoms with E-state index in [9.17, 15) is 23.7 Å². The minimum Gasteiger partial charge on any atom is -0.508 e. The molecule has 0 aliphatic heterocycles. The maximum absolute atomic E-state index is 11.4. The molecular weight excluding hydrogens is 512 g/mol. The Morgan fingerprint density at radius 2 is 1.68 bits per heavy atom. The minimum absolute atomic E-state index is 0.0310. The summed E-state index contributed by atoms with van der Waals surface area (Å²) in [5, 5.41) is 44.8. The molecular formula is C27H42N2O8S. The van der Waals surface area contributed by atoms with E-state index in [0.717, 1.165) is 70.6 Å². The van der Waals surface area contributed by atoms with Crippen molar-refractivity contribution in [2.75, 3.05) is 26.3 Å². The van der Waals surface area contributed by atoms with Crippen molar-refractivity contribution in [2.24, 2.45) is 5.14 Å². The van der Waals surface area contributed by atoms with Gasteiger partial charge in [0, 0.05) is 32.2 Å². The SMILES string of the molecule is CC(=O)O.NS(=O)(=O)c1cccc(CCCCOCCCCCCNC[C@H](O)c2ccc(O)c(CO)c2)c1. The zero-order valence-corrected chi connectivity index (χ0v) is 22.8. The summed E-state index contributed by atoms with van der Waals surface area (Å²) in [5.41, 5.74) is 2.04. The number of benzene rings is 2. The second kappa shape index (κ2) is 18.7. The number of aryl methyl sites for hydroxylation is 1. The third kappa shape index (κ3) is 15.0. The fraction of sp³-hybridized carbons (Fsp3) is 0.519. The van der Waals surface area contributed by atoms with Gasteiger partial charge in [-0.25, -0.2) is 13.6 Å². The number of aliphatic hydroxyl groups excluding tert-OH is 2. The summed E-state index contributed by atoms with van der Waals surface area (Å²) in [4.78, 5) is 9.15. The van der Waals surface area contributed by atoms with E-state index in [-0.39, 0.29) is 17.3 Å². The highest BCUT2D eigenvalue weighted by atomic mass is 32.2. The molecule has 0 amide bonds. The Labute approximate surface area is 225 Å². The lowest BCUT2D eigenvalue weighted by molar-refractivity contribution is -0.134. The maximum Gasteiger partial charge on any atom is 0.300 e. The van der Waals surface area contributed by atoms with Crippen LogP contribution in [0, 0.1) is 0 Å². The molecule has 1 atom stereocenters. The first-order valence-electron chi connectivity index (χ1n) is 12.7. The number of nitrogens with one attached hydrogen (secondary N) is 1. The van der Waals surface area contributed by atoms with Crippen molar-refractivity contribution in [3.05, 3.63) is 59.2 Å². The van der Waals surface area contributed by atoms with E-state index in [1.807, 2.05) is 6.07 Å². The fourth-order valence-electron chi connectivity index (χ4n) is 3.62. The monoisotopic (exact) mass is 554 g/mol. The summed E-state index contributed by atoms with van der Waals surface area (Å²) in [5.74, 6) is -0.802. The highest BCUT2D eigenvalue weighted by Gasteiger charge is 2.10. The number of carboxylic acid groups (broad SMARTS) is 1. The van der Waals surface area contributed by atoms with Gasteiger partial charge < -0.3 is 30.5 Å². The number of nitrogens with two attached hydrogens (primary N) is 1. The average molecular weight is 555 g/mol. The van der Waals surface area contributed by atoms with Gasteiger partial charge in [0.1, 0.15) is 5.75 Å².